The van der Waals surface area contributed by atoms with E-state index in [1.807, 2.05) is 11.7 Å². The molecule has 2 aliphatic heterocycles. The molecule has 6 heteroatoms. The molecule has 172 valence electrons. The Morgan fingerprint density at radius 2 is 1.69 bits per heavy atom. The molecular formula is C26H37N5O. The van der Waals surface area contributed by atoms with Gasteiger partial charge in [0.15, 0.2) is 5.69 Å². The van der Waals surface area contributed by atoms with Crippen molar-refractivity contribution in [3.05, 3.63) is 52.8 Å². The molecule has 0 radical (unpaired) electrons. The van der Waals surface area contributed by atoms with Gasteiger partial charge in [-0.3, -0.25) is 19.3 Å². The summed E-state index contributed by atoms with van der Waals surface area (Å²) in [5, 5.41) is 4.74. The van der Waals surface area contributed by atoms with Crippen molar-refractivity contribution in [3.8, 4) is 0 Å². The summed E-state index contributed by atoms with van der Waals surface area (Å²) >= 11 is 0. The van der Waals surface area contributed by atoms with E-state index in [1.54, 1.807) is 0 Å². The van der Waals surface area contributed by atoms with Crippen LogP contribution >= 0.6 is 0 Å². The molecule has 1 aromatic carbocycles. The molecule has 2 aromatic rings. The molecule has 0 N–H and O–H groups in total. The van der Waals surface area contributed by atoms with Gasteiger partial charge in [0.2, 0.25) is 0 Å². The van der Waals surface area contributed by atoms with Gasteiger partial charge in [0.05, 0.1) is 0 Å². The van der Waals surface area contributed by atoms with E-state index in [2.05, 4.69) is 45.0 Å². The van der Waals surface area contributed by atoms with E-state index in [9.17, 15) is 4.79 Å². The molecule has 3 aliphatic rings. The smallest absolute Gasteiger partial charge is 0.274 e. The number of hydrogen-bond acceptors (Lipinski definition) is 4. The minimum Gasteiger partial charge on any atom is -0.337 e. The second kappa shape index (κ2) is 9.75. The molecule has 1 aromatic heterocycles. The average Bonchev–Trinajstić information content (AvgIpc) is 2.99. The molecule has 0 spiro atoms. The largest absolute Gasteiger partial charge is 0.337 e. The van der Waals surface area contributed by atoms with Gasteiger partial charge in [0.25, 0.3) is 5.91 Å². The predicted molar refractivity (Wildman–Crippen MR) is 127 cm³/mol. The Bertz CT molecular complexity index is 908. The first kappa shape index (κ1) is 21.7. The van der Waals surface area contributed by atoms with Crippen molar-refractivity contribution in [1.29, 1.82) is 0 Å². The number of rotatable bonds is 4. The number of amides is 1. The summed E-state index contributed by atoms with van der Waals surface area (Å²) in [6.07, 6.45) is 7.89. The van der Waals surface area contributed by atoms with Gasteiger partial charge in [-0.2, -0.15) is 5.10 Å². The quantitative estimate of drug-likeness (QED) is 0.740. The van der Waals surface area contributed by atoms with Crippen LogP contribution in [0.2, 0.25) is 0 Å². The molecule has 32 heavy (non-hydrogen) atoms. The maximum Gasteiger partial charge on any atom is 0.274 e. The zero-order chi connectivity index (χ0) is 21.9. The zero-order valence-corrected chi connectivity index (χ0v) is 19.5. The Balaban J connectivity index is 1.23. The fourth-order valence-corrected chi connectivity index (χ4v) is 5.81. The molecule has 1 amide bonds. The van der Waals surface area contributed by atoms with Gasteiger partial charge >= 0.3 is 0 Å². The highest BCUT2D eigenvalue weighted by Gasteiger charge is 2.33. The van der Waals surface area contributed by atoms with Crippen LogP contribution in [0.4, 0.5) is 0 Å². The van der Waals surface area contributed by atoms with E-state index >= 15 is 0 Å². The number of carbonyl (C=O) groups is 1. The summed E-state index contributed by atoms with van der Waals surface area (Å²) < 4.78 is 1.98. The second-order valence-electron chi connectivity index (χ2n) is 9.80. The zero-order valence-electron chi connectivity index (χ0n) is 19.5. The number of carbonyl (C=O) groups excluding carboxylic acids is 1. The van der Waals surface area contributed by atoms with E-state index in [-0.39, 0.29) is 5.91 Å². The molecule has 1 aliphatic carbocycles. The second-order valence-corrected chi connectivity index (χ2v) is 9.80. The maximum atomic E-state index is 13.4. The van der Waals surface area contributed by atoms with Crippen molar-refractivity contribution < 1.29 is 4.79 Å². The number of piperazine rings is 1. The van der Waals surface area contributed by atoms with Crippen molar-refractivity contribution in [1.82, 2.24) is 24.5 Å². The number of aromatic nitrogens is 2. The van der Waals surface area contributed by atoms with E-state index in [4.69, 9.17) is 5.10 Å². The van der Waals surface area contributed by atoms with Crippen molar-refractivity contribution >= 4 is 5.91 Å². The first-order valence-electron chi connectivity index (χ1n) is 12.5. The Kier molecular flexibility index (Phi) is 6.60. The van der Waals surface area contributed by atoms with Gasteiger partial charge < -0.3 is 4.90 Å². The summed E-state index contributed by atoms with van der Waals surface area (Å²) in [5.74, 6) is 0.164. The van der Waals surface area contributed by atoms with Gasteiger partial charge in [-0.05, 0) is 37.7 Å². The van der Waals surface area contributed by atoms with E-state index in [0.29, 0.717) is 6.04 Å². The summed E-state index contributed by atoms with van der Waals surface area (Å²) in [7, 11) is 2.01. The van der Waals surface area contributed by atoms with Crippen molar-refractivity contribution in [2.45, 2.75) is 57.5 Å². The summed E-state index contributed by atoms with van der Waals surface area (Å²) in [6, 6.07) is 11.3. The van der Waals surface area contributed by atoms with Crippen LogP contribution in [0.1, 0.15) is 59.4 Å². The Morgan fingerprint density at radius 3 is 2.41 bits per heavy atom. The number of aryl methyl sites for hydroxylation is 1. The van der Waals surface area contributed by atoms with Crippen molar-refractivity contribution in [2.24, 2.45) is 7.05 Å². The highest BCUT2D eigenvalue weighted by atomic mass is 16.2. The third kappa shape index (κ3) is 4.62. The van der Waals surface area contributed by atoms with Gasteiger partial charge in [-0.1, -0.05) is 43.2 Å². The molecular weight excluding hydrogens is 398 g/mol. The third-order valence-electron chi connectivity index (χ3n) is 7.70. The standard InChI is InChI=1S/C26H37N5O/c1-28-24-12-11-22(30-17-15-29(16-18-30)20-21-9-5-4-6-10-21)19-23(24)25(27-28)26(32)31-13-7-2-3-8-14-31/h4-6,9-10,22H,2-3,7-8,11-20H2,1H3/t22-/m0/s1. The lowest BCUT2D eigenvalue weighted by Gasteiger charge is -2.40. The lowest BCUT2D eigenvalue weighted by atomic mass is 9.89. The van der Waals surface area contributed by atoms with Gasteiger partial charge in [-0.25, -0.2) is 0 Å². The molecule has 0 bridgehead atoms. The molecule has 5 rings (SSSR count). The fourth-order valence-electron chi connectivity index (χ4n) is 5.81. The van der Waals surface area contributed by atoms with Crippen LogP contribution in [0.25, 0.3) is 0 Å². The van der Waals surface area contributed by atoms with E-state index in [0.717, 1.165) is 77.2 Å². The fraction of sp³-hybridized carbons (Fsp3) is 0.615. The summed E-state index contributed by atoms with van der Waals surface area (Å²) in [6.45, 7) is 7.27. The number of hydrogen-bond donors (Lipinski definition) is 0. The SMILES string of the molecule is Cn1nc(C(=O)N2CCCCCC2)c2c1CC[C@H](N1CCN(Cc3ccccc3)CC1)C2. The van der Waals surface area contributed by atoms with Crippen LogP contribution in [-0.4, -0.2) is 75.7 Å². The van der Waals surface area contributed by atoms with Crippen LogP contribution in [0.3, 0.4) is 0 Å². The minimum atomic E-state index is 0.164. The lowest BCUT2D eigenvalue weighted by molar-refractivity contribution is 0.0748. The van der Waals surface area contributed by atoms with Crippen LogP contribution < -0.4 is 0 Å². The van der Waals surface area contributed by atoms with Crippen LogP contribution in [-0.2, 0) is 26.4 Å². The maximum absolute atomic E-state index is 13.4. The first-order valence-corrected chi connectivity index (χ1v) is 12.5. The van der Waals surface area contributed by atoms with Crippen LogP contribution in [0, 0.1) is 0 Å². The van der Waals surface area contributed by atoms with Crippen molar-refractivity contribution in [2.75, 3.05) is 39.3 Å². The molecule has 2 fully saturated rings. The third-order valence-corrected chi connectivity index (χ3v) is 7.70. The number of nitrogens with zero attached hydrogens (tertiary/aromatic N) is 5. The molecule has 3 heterocycles. The highest BCUT2D eigenvalue weighted by molar-refractivity contribution is 5.94. The first-order chi connectivity index (χ1) is 15.7. The number of benzene rings is 1. The summed E-state index contributed by atoms with van der Waals surface area (Å²) in [4.78, 5) is 20.7. The topological polar surface area (TPSA) is 44.6 Å². The average molecular weight is 436 g/mol. The lowest BCUT2D eigenvalue weighted by Crippen LogP contribution is -2.51. The van der Waals surface area contributed by atoms with Crippen LogP contribution in [0.5, 0.6) is 0 Å². The molecule has 0 unspecified atom stereocenters. The molecule has 0 saturated carbocycles. The number of likely N-dealkylation sites (tertiary alicyclic amines) is 1. The van der Waals surface area contributed by atoms with Crippen LogP contribution in [0.15, 0.2) is 30.3 Å². The molecule has 6 nitrogen and oxygen atoms in total. The number of fused-ring (bicyclic) bond motifs is 1. The summed E-state index contributed by atoms with van der Waals surface area (Å²) in [5.41, 5.74) is 4.64. The van der Waals surface area contributed by atoms with Crippen molar-refractivity contribution in [3.63, 3.8) is 0 Å². The Morgan fingerprint density at radius 1 is 0.969 bits per heavy atom. The van der Waals surface area contributed by atoms with E-state index in [1.165, 1.54) is 36.1 Å². The molecule has 1 atom stereocenters. The monoisotopic (exact) mass is 435 g/mol. The van der Waals surface area contributed by atoms with Gasteiger partial charge in [-0.15, -0.1) is 0 Å². The van der Waals surface area contributed by atoms with Gasteiger partial charge in [0, 0.05) is 70.2 Å². The van der Waals surface area contributed by atoms with Gasteiger partial charge in [0.1, 0.15) is 0 Å². The minimum absolute atomic E-state index is 0.164. The Labute approximate surface area is 192 Å². The Hall–Kier alpha value is -2.18. The normalized spacial score (nSPS) is 23.0. The highest BCUT2D eigenvalue weighted by Crippen LogP contribution is 2.29. The predicted octanol–water partition coefficient (Wildman–Crippen LogP) is 3.11. The van der Waals surface area contributed by atoms with E-state index < -0.39 is 0 Å². The molecule has 2 saturated heterocycles.